The second-order valence-corrected chi connectivity index (χ2v) is 6.00. The molecule has 0 aliphatic heterocycles. The molecule has 120 valence electrons. The molecule has 10 heteroatoms. The van der Waals surface area contributed by atoms with Crippen LogP contribution in [0.1, 0.15) is 5.56 Å². The van der Waals surface area contributed by atoms with Gasteiger partial charge in [0.2, 0.25) is 10.0 Å². The van der Waals surface area contributed by atoms with Crippen LogP contribution in [-0.4, -0.2) is 24.7 Å². The molecule has 0 heterocycles. The molecule has 4 N–H and O–H groups in total. The van der Waals surface area contributed by atoms with Crippen molar-refractivity contribution in [2.75, 3.05) is 5.43 Å². The maximum Gasteiger partial charge on any atom is 0.270 e. The van der Waals surface area contributed by atoms with Crippen molar-refractivity contribution in [2.24, 2.45) is 10.2 Å². The highest BCUT2D eigenvalue weighted by Gasteiger charge is 2.09. The third-order valence-corrected chi connectivity index (χ3v) is 3.73. The number of nitrogens with two attached hydrogens (primary N) is 1. The molecule has 2 rings (SSSR count). The first-order valence-corrected chi connectivity index (χ1v) is 7.71. The molecule has 2 aromatic rings. The molecule has 0 aliphatic carbocycles. The minimum absolute atomic E-state index is 0.0386. The van der Waals surface area contributed by atoms with Crippen LogP contribution < -0.4 is 10.6 Å². The summed E-state index contributed by atoms with van der Waals surface area (Å²) in [6.07, 6.45) is 1.20. The molecule has 0 saturated heterocycles. The van der Waals surface area contributed by atoms with Crippen molar-refractivity contribution >= 4 is 27.6 Å². The standard InChI is InChI=1S/C13H12N4O5S/c14-23(21,22)12-4-1-10(2-5-12)16-15-8-9-7-11(17(19)20)3-6-13(9)18/h1-8,16,18H,(H2,14,21,22)/b15-8+. The van der Waals surface area contributed by atoms with Gasteiger partial charge in [0.25, 0.3) is 5.69 Å². The summed E-state index contributed by atoms with van der Waals surface area (Å²) in [5.41, 5.74) is 3.05. The van der Waals surface area contributed by atoms with E-state index in [1.165, 1.54) is 48.7 Å². The lowest BCUT2D eigenvalue weighted by molar-refractivity contribution is -0.384. The molecule has 0 atom stereocenters. The Morgan fingerprint density at radius 2 is 1.87 bits per heavy atom. The summed E-state index contributed by atoms with van der Waals surface area (Å²) in [6, 6.07) is 9.04. The van der Waals surface area contributed by atoms with E-state index in [9.17, 15) is 23.6 Å². The predicted octanol–water partition coefficient (Wildman–Crippen LogP) is 1.39. The van der Waals surface area contributed by atoms with Crippen molar-refractivity contribution < 1.29 is 18.4 Å². The minimum Gasteiger partial charge on any atom is -0.507 e. The smallest absolute Gasteiger partial charge is 0.270 e. The second-order valence-electron chi connectivity index (χ2n) is 4.44. The van der Waals surface area contributed by atoms with Crippen molar-refractivity contribution in [1.82, 2.24) is 0 Å². The fourth-order valence-corrected chi connectivity index (χ4v) is 2.17. The van der Waals surface area contributed by atoms with E-state index in [0.717, 1.165) is 0 Å². The van der Waals surface area contributed by atoms with Gasteiger partial charge < -0.3 is 5.11 Å². The van der Waals surface area contributed by atoms with Gasteiger partial charge in [-0.05, 0) is 30.3 Å². The molecule has 0 saturated carbocycles. The summed E-state index contributed by atoms with van der Waals surface area (Å²) >= 11 is 0. The van der Waals surface area contributed by atoms with Crippen molar-refractivity contribution in [1.29, 1.82) is 0 Å². The predicted molar refractivity (Wildman–Crippen MR) is 83.8 cm³/mol. The average molecular weight is 336 g/mol. The fraction of sp³-hybridized carbons (Fsp3) is 0. The van der Waals surface area contributed by atoms with E-state index < -0.39 is 14.9 Å². The molecule has 0 aromatic heterocycles. The van der Waals surface area contributed by atoms with E-state index in [1.54, 1.807) is 0 Å². The Labute approximate surface area is 131 Å². The van der Waals surface area contributed by atoms with Crippen molar-refractivity contribution in [2.45, 2.75) is 4.90 Å². The first-order valence-electron chi connectivity index (χ1n) is 6.17. The molecular weight excluding hydrogens is 324 g/mol. The molecule has 0 radical (unpaired) electrons. The number of nitrogens with one attached hydrogen (secondary N) is 1. The van der Waals surface area contributed by atoms with Gasteiger partial charge in [-0.25, -0.2) is 13.6 Å². The lowest BCUT2D eigenvalue weighted by Crippen LogP contribution is -2.11. The quantitative estimate of drug-likeness (QED) is 0.427. The highest BCUT2D eigenvalue weighted by atomic mass is 32.2. The summed E-state index contributed by atoms with van der Waals surface area (Å²) in [5.74, 6) is -0.161. The average Bonchev–Trinajstić information content (AvgIpc) is 2.48. The van der Waals surface area contributed by atoms with Crippen molar-refractivity contribution in [3.8, 4) is 5.75 Å². The third kappa shape index (κ3) is 4.25. The Bertz CT molecular complexity index is 862. The molecule has 0 fully saturated rings. The number of hydrogen-bond donors (Lipinski definition) is 3. The number of nitro groups is 1. The normalized spacial score (nSPS) is 11.5. The van der Waals surface area contributed by atoms with Crippen LogP contribution in [0.3, 0.4) is 0 Å². The van der Waals surface area contributed by atoms with Crippen LogP contribution in [0.4, 0.5) is 11.4 Å². The molecule has 0 bridgehead atoms. The van der Waals surface area contributed by atoms with E-state index in [1.807, 2.05) is 0 Å². The van der Waals surface area contributed by atoms with Gasteiger partial charge in [-0.15, -0.1) is 0 Å². The maximum absolute atomic E-state index is 11.1. The van der Waals surface area contributed by atoms with Gasteiger partial charge >= 0.3 is 0 Å². The van der Waals surface area contributed by atoms with Crippen molar-refractivity contribution in [3.63, 3.8) is 0 Å². The number of rotatable bonds is 5. The monoisotopic (exact) mass is 336 g/mol. The Hall–Kier alpha value is -2.98. The van der Waals surface area contributed by atoms with E-state index in [2.05, 4.69) is 10.5 Å². The number of phenols is 1. The summed E-state index contributed by atoms with van der Waals surface area (Å²) in [4.78, 5) is 10.1. The van der Waals surface area contributed by atoms with E-state index in [4.69, 9.17) is 5.14 Å². The van der Waals surface area contributed by atoms with Crippen molar-refractivity contribution in [3.05, 3.63) is 58.1 Å². The molecule has 0 unspecified atom stereocenters. The van der Waals surface area contributed by atoms with Crippen LogP contribution in [0.5, 0.6) is 5.75 Å². The molecular formula is C13H12N4O5S. The fourth-order valence-electron chi connectivity index (χ4n) is 1.65. The largest absolute Gasteiger partial charge is 0.507 e. The number of nitrogens with zero attached hydrogens (tertiary/aromatic N) is 2. The topological polar surface area (TPSA) is 148 Å². The summed E-state index contributed by atoms with van der Waals surface area (Å²) in [6.45, 7) is 0. The highest BCUT2D eigenvalue weighted by Crippen LogP contribution is 2.21. The number of phenolic OH excluding ortho intramolecular Hbond substituents is 1. The number of sulfonamides is 1. The Morgan fingerprint density at radius 3 is 2.43 bits per heavy atom. The van der Waals surface area contributed by atoms with E-state index >= 15 is 0 Å². The molecule has 0 spiro atoms. The number of non-ortho nitro benzene ring substituents is 1. The molecule has 0 amide bonds. The van der Waals surface area contributed by atoms with Gasteiger partial charge in [0.05, 0.1) is 21.7 Å². The zero-order valence-corrected chi connectivity index (χ0v) is 12.4. The number of primary sulfonamides is 1. The first kappa shape index (κ1) is 16.4. The summed E-state index contributed by atoms with van der Waals surface area (Å²) in [7, 11) is -3.76. The van der Waals surface area contributed by atoms with Gasteiger partial charge in [-0.1, -0.05) is 0 Å². The molecule has 9 nitrogen and oxygen atoms in total. The Balaban J connectivity index is 2.13. The lowest BCUT2D eigenvalue weighted by atomic mass is 10.2. The Morgan fingerprint density at radius 1 is 1.22 bits per heavy atom. The van der Waals surface area contributed by atoms with Gasteiger partial charge in [0.1, 0.15) is 5.75 Å². The number of hydrogen-bond acceptors (Lipinski definition) is 7. The van der Waals surface area contributed by atoms with Gasteiger partial charge in [0.15, 0.2) is 0 Å². The maximum atomic E-state index is 11.1. The molecule has 2 aromatic carbocycles. The van der Waals surface area contributed by atoms with E-state index in [-0.39, 0.29) is 21.9 Å². The van der Waals surface area contributed by atoms with Crippen LogP contribution >= 0.6 is 0 Å². The zero-order chi connectivity index (χ0) is 17.0. The van der Waals surface area contributed by atoms with Crippen LogP contribution in [0.2, 0.25) is 0 Å². The summed E-state index contributed by atoms with van der Waals surface area (Å²) in [5, 5.41) is 29.1. The van der Waals surface area contributed by atoms with Crippen LogP contribution in [0.15, 0.2) is 52.5 Å². The van der Waals surface area contributed by atoms with Crippen LogP contribution in [0.25, 0.3) is 0 Å². The number of nitro benzene ring substituents is 1. The number of benzene rings is 2. The lowest BCUT2D eigenvalue weighted by Gasteiger charge is -2.02. The van der Waals surface area contributed by atoms with Crippen LogP contribution in [0, 0.1) is 10.1 Å². The van der Waals surface area contributed by atoms with Crippen LogP contribution in [-0.2, 0) is 10.0 Å². The SMILES string of the molecule is NS(=O)(=O)c1ccc(N/N=C/c2cc([N+](=O)[O-])ccc2O)cc1. The van der Waals surface area contributed by atoms with Gasteiger partial charge in [-0.2, -0.15) is 5.10 Å². The number of hydrazone groups is 1. The Kier molecular flexibility index (Phi) is 4.57. The second kappa shape index (κ2) is 6.42. The highest BCUT2D eigenvalue weighted by molar-refractivity contribution is 7.89. The molecule has 0 aliphatic rings. The zero-order valence-electron chi connectivity index (χ0n) is 11.6. The summed E-state index contributed by atoms with van der Waals surface area (Å²) < 4.78 is 22.2. The van der Waals surface area contributed by atoms with Gasteiger partial charge in [-0.3, -0.25) is 15.5 Å². The van der Waals surface area contributed by atoms with E-state index in [0.29, 0.717) is 5.69 Å². The number of anilines is 1. The third-order valence-electron chi connectivity index (χ3n) is 2.80. The minimum atomic E-state index is -3.76. The first-order chi connectivity index (χ1) is 10.8. The molecule has 23 heavy (non-hydrogen) atoms. The number of aromatic hydroxyl groups is 1. The van der Waals surface area contributed by atoms with Gasteiger partial charge in [0, 0.05) is 17.7 Å².